The lowest BCUT2D eigenvalue weighted by molar-refractivity contribution is -0.239. The molecule has 1 N–H and O–H groups in total. The molecular weight excluding hydrogens is 632 g/mol. The molecule has 4 rings (SSSR count). The van der Waals surface area contributed by atoms with Crippen LogP contribution in [-0.4, -0.2) is 83.3 Å². The maximum Gasteiger partial charge on any atom is 0.303 e. The Balaban J connectivity index is 1.84. The highest BCUT2D eigenvalue weighted by Crippen LogP contribution is 2.34. The minimum absolute atomic E-state index is 0.206. The molecule has 47 heavy (non-hydrogen) atoms. The zero-order chi connectivity index (χ0) is 34.2. The molecule has 2 aromatic carbocycles. The van der Waals surface area contributed by atoms with Gasteiger partial charge in [0, 0.05) is 39.8 Å². The number of amides is 1. The van der Waals surface area contributed by atoms with Crippen LogP contribution in [0.15, 0.2) is 48.5 Å². The lowest BCUT2D eigenvalue weighted by Crippen LogP contribution is -2.64. The van der Waals surface area contributed by atoms with Crippen LogP contribution in [0.2, 0.25) is 0 Å². The fourth-order valence-electron chi connectivity index (χ4n) is 5.40. The van der Waals surface area contributed by atoms with E-state index in [1.54, 1.807) is 18.8 Å². The van der Waals surface area contributed by atoms with Gasteiger partial charge in [0.2, 0.25) is 10.7 Å². The molecule has 14 nitrogen and oxygen atoms in total. The van der Waals surface area contributed by atoms with Crippen LogP contribution in [0.4, 0.5) is 0 Å². The number of esters is 3. The average molecular weight is 671 g/mol. The lowest BCUT2D eigenvalue weighted by Gasteiger charge is -2.45. The van der Waals surface area contributed by atoms with E-state index in [4.69, 9.17) is 45.7 Å². The molecule has 5 atom stereocenters. The van der Waals surface area contributed by atoms with Crippen molar-refractivity contribution in [3.05, 3.63) is 64.7 Å². The quantitative estimate of drug-likeness (QED) is 0.171. The van der Waals surface area contributed by atoms with Gasteiger partial charge in [0.15, 0.2) is 29.9 Å². The molecule has 1 aromatic heterocycles. The van der Waals surface area contributed by atoms with Crippen molar-refractivity contribution in [2.45, 2.75) is 71.1 Å². The maximum absolute atomic E-state index is 12.5. The monoisotopic (exact) mass is 670 g/mol. The molecule has 0 aliphatic carbocycles. The Morgan fingerprint density at radius 2 is 1.53 bits per heavy atom. The Morgan fingerprint density at radius 1 is 0.872 bits per heavy atom. The predicted octanol–water partition coefficient (Wildman–Crippen LogP) is 3.03. The number of carbonyl (C=O) groups excluding carboxylic acids is 4. The highest BCUT2D eigenvalue weighted by Gasteiger charge is 2.52. The highest BCUT2D eigenvalue weighted by atomic mass is 32.1. The Morgan fingerprint density at radius 3 is 2.13 bits per heavy atom. The second kappa shape index (κ2) is 15.7. The van der Waals surface area contributed by atoms with Gasteiger partial charge in [-0.3, -0.25) is 23.7 Å². The van der Waals surface area contributed by atoms with Gasteiger partial charge in [0.25, 0.3) is 0 Å². The van der Waals surface area contributed by atoms with Crippen LogP contribution >= 0.6 is 12.2 Å². The Hall–Kier alpha value is -4.76. The Kier molecular flexibility index (Phi) is 11.7. The van der Waals surface area contributed by atoms with E-state index < -0.39 is 54.4 Å². The number of hydrogen-bond acceptors (Lipinski definition) is 12. The number of aromatic nitrogens is 3. The predicted molar refractivity (Wildman–Crippen MR) is 169 cm³/mol. The van der Waals surface area contributed by atoms with Gasteiger partial charge in [0.05, 0.1) is 14.2 Å². The van der Waals surface area contributed by atoms with Crippen molar-refractivity contribution >= 4 is 36.0 Å². The van der Waals surface area contributed by atoms with E-state index in [0.717, 1.165) is 11.3 Å². The second-order valence-corrected chi connectivity index (χ2v) is 11.1. The first-order chi connectivity index (χ1) is 22.4. The zero-order valence-electron chi connectivity index (χ0n) is 27.0. The number of nitrogens with zero attached hydrogens (tertiary/aromatic N) is 3. The summed E-state index contributed by atoms with van der Waals surface area (Å²) in [6, 6.07) is 13.8. The fraction of sp³-hybridized carbons (Fsp3) is 0.438. The van der Waals surface area contributed by atoms with Crippen LogP contribution in [0.3, 0.4) is 0 Å². The minimum atomic E-state index is -1.27. The van der Waals surface area contributed by atoms with Crippen LogP contribution < -0.4 is 14.8 Å². The summed E-state index contributed by atoms with van der Waals surface area (Å²) in [4.78, 5) is 48.8. The van der Waals surface area contributed by atoms with Crippen molar-refractivity contribution in [3.8, 4) is 17.2 Å². The molecule has 1 aliphatic rings. The van der Waals surface area contributed by atoms with Gasteiger partial charge in [-0.1, -0.05) is 24.3 Å². The van der Waals surface area contributed by atoms with E-state index in [1.165, 1.54) is 32.4 Å². The number of rotatable bonds is 12. The molecule has 1 amide bonds. The third-order valence-electron chi connectivity index (χ3n) is 7.30. The van der Waals surface area contributed by atoms with Crippen LogP contribution in [0.25, 0.3) is 5.69 Å². The highest BCUT2D eigenvalue weighted by molar-refractivity contribution is 7.71. The number of benzene rings is 2. The van der Waals surface area contributed by atoms with E-state index in [-0.39, 0.29) is 11.4 Å². The van der Waals surface area contributed by atoms with Gasteiger partial charge >= 0.3 is 17.9 Å². The first-order valence-electron chi connectivity index (χ1n) is 14.8. The number of carbonyl (C=O) groups is 4. The average Bonchev–Trinajstić information content (AvgIpc) is 3.35. The third kappa shape index (κ3) is 8.54. The molecule has 2 heterocycles. The molecule has 0 unspecified atom stereocenters. The van der Waals surface area contributed by atoms with Crippen molar-refractivity contribution < 1.29 is 47.6 Å². The van der Waals surface area contributed by atoms with Gasteiger partial charge in [0.1, 0.15) is 24.6 Å². The molecular formula is C32H38N4O10S. The van der Waals surface area contributed by atoms with Gasteiger partial charge < -0.3 is 33.7 Å². The Bertz CT molecular complexity index is 1660. The normalized spacial score (nSPS) is 20.5. The summed E-state index contributed by atoms with van der Waals surface area (Å²) >= 11 is 5.97. The smallest absolute Gasteiger partial charge is 0.303 e. The van der Waals surface area contributed by atoms with Crippen LogP contribution in [0.5, 0.6) is 11.5 Å². The van der Waals surface area contributed by atoms with Gasteiger partial charge in [-0.25, -0.2) is 4.68 Å². The van der Waals surface area contributed by atoms with Crippen molar-refractivity contribution in [3.63, 3.8) is 0 Å². The van der Waals surface area contributed by atoms with E-state index in [9.17, 15) is 19.2 Å². The molecule has 0 bridgehead atoms. The SMILES string of the molecule is COc1ccc(CCc2nn([C@@H]3O[C@H](COC(C)=O)[C@@H](OC(C)=O)[C@H](OC(C)=O)[C@H]3NC(C)=O)c(=S)n2-c2ccccc2)cc1OC. The summed E-state index contributed by atoms with van der Waals surface area (Å²) in [6.07, 6.45) is -3.87. The molecule has 252 valence electrons. The van der Waals surface area contributed by atoms with Crippen molar-refractivity contribution in [1.29, 1.82) is 0 Å². The second-order valence-electron chi connectivity index (χ2n) is 10.7. The Labute approximate surface area is 276 Å². The largest absolute Gasteiger partial charge is 0.493 e. The van der Waals surface area contributed by atoms with E-state index in [1.807, 2.05) is 48.5 Å². The fourth-order valence-corrected chi connectivity index (χ4v) is 5.75. The molecule has 1 fully saturated rings. The molecule has 3 aromatic rings. The summed E-state index contributed by atoms with van der Waals surface area (Å²) in [6.45, 7) is 4.50. The first-order valence-corrected chi connectivity index (χ1v) is 15.2. The number of hydrogen-bond donors (Lipinski definition) is 1. The minimum Gasteiger partial charge on any atom is -0.493 e. The summed E-state index contributed by atoms with van der Waals surface area (Å²) < 4.78 is 37.1. The molecule has 0 radical (unpaired) electrons. The van der Waals surface area contributed by atoms with Gasteiger partial charge in [-0.15, -0.1) is 0 Å². The van der Waals surface area contributed by atoms with Crippen molar-refractivity contribution in [2.75, 3.05) is 20.8 Å². The number of para-hydroxylation sites is 1. The topological polar surface area (TPSA) is 158 Å². The summed E-state index contributed by atoms with van der Waals surface area (Å²) in [5.41, 5.74) is 1.68. The molecule has 0 spiro atoms. The van der Waals surface area contributed by atoms with Crippen LogP contribution in [-0.2, 0) is 51.0 Å². The van der Waals surface area contributed by atoms with E-state index in [0.29, 0.717) is 30.2 Å². The van der Waals surface area contributed by atoms with Crippen LogP contribution in [0, 0.1) is 4.77 Å². The molecule has 1 aliphatic heterocycles. The summed E-state index contributed by atoms with van der Waals surface area (Å²) in [7, 11) is 3.13. The number of methoxy groups -OCH3 is 2. The van der Waals surface area contributed by atoms with Gasteiger partial charge in [-0.05, 0) is 48.5 Å². The number of nitrogens with one attached hydrogen (secondary N) is 1. The lowest BCUT2D eigenvalue weighted by atomic mass is 9.95. The molecule has 1 saturated heterocycles. The maximum atomic E-state index is 12.5. The zero-order valence-corrected chi connectivity index (χ0v) is 27.8. The molecule has 0 saturated carbocycles. The van der Waals surface area contributed by atoms with E-state index in [2.05, 4.69) is 5.32 Å². The first kappa shape index (κ1) is 35.1. The standard InChI is InChI=1S/C32H38N4O10S/c1-18(37)33-28-30(45-21(4)40)29(44-20(3)39)26(17-43-19(2)38)46-31(28)36-32(47)35(23-10-8-7-9-11-23)27(34-36)15-13-22-12-14-24(41-5)25(16-22)42-6/h7-12,14,16,26,28-31H,13,15,17H2,1-6H3,(H,33,37)/t26-,28-,29-,30-,31-/m1/s1. The van der Waals surface area contributed by atoms with Crippen LogP contribution in [0.1, 0.15) is 45.3 Å². The molecule has 15 heteroatoms. The van der Waals surface area contributed by atoms with Gasteiger partial charge in [-0.2, -0.15) is 5.10 Å². The number of aryl methyl sites for hydroxylation is 2. The van der Waals surface area contributed by atoms with Crippen molar-refractivity contribution in [2.24, 2.45) is 0 Å². The summed E-state index contributed by atoms with van der Waals surface area (Å²) in [5, 5.41) is 7.64. The van der Waals surface area contributed by atoms with E-state index >= 15 is 0 Å². The summed E-state index contributed by atoms with van der Waals surface area (Å²) in [5.74, 6) is -0.755. The third-order valence-corrected chi connectivity index (χ3v) is 7.67. The number of ether oxygens (including phenoxy) is 6. The van der Waals surface area contributed by atoms with Crippen molar-refractivity contribution in [1.82, 2.24) is 19.7 Å².